The van der Waals surface area contributed by atoms with Crippen molar-refractivity contribution in [3.05, 3.63) is 36.5 Å². The Bertz CT molecular complexity index is 1150. The van der Waals surface area contributed by atoms with E-state index in [0.29, 0.717) is 12.8 Å². The standard InChI is InChI=1S/C43H77O13P/c1-3-5-7-9-11-13-15-17-18-20-22-24-26-28-30-32-37(45)55-35(34-54-57(51,52)56-43-41(49)39(47)38(46)40(48)42(43)50)33-53-36(44)31-29-27-25-23-21-19-16-14-12-10-8-6-4-2/h11,13-14,16-18,35,38-43,46-50H,3-10,12,15,19-34H2,1-2H3,(H,51,52)/b13-11-,16-14-,18-17-. The van der Waals surface area contributed by atoms with Gasteiger partial charge in [0.2, 0.25) is 0 Å². The van der Waals surface area contributed by atoms with Gasteiger partial charge in [-0.25, -0.2) is 4.57 Å². The van der Waals surface area contributed by atoms with Gasteiger partial charge in [0.15, 0.2) is 6.10 Å². The lowest BCUT2D eigenvalue weighted by Gasteiger charge is -2.41. The first-order chi connectivity index (χ1) is 27.4. The molecule has 0 amide bonds. The Balaban J connectivity index is 2.51. The number of aliphatic hydroxyl groups is 5. The number of carbonyl (C=O) groups is 2. The van der Waals surface area contributed by atoms with Gasteiger partial charge in [-0.3, -0.25) is 18.6 Å². The summed E-state index contributed by atoms with van der Waals surface area (Å²) in [5.41, 5.74) is 0. The predicted molar refractivity (Wildman–Crippen MR) is 221 cm³/mol. The van der Waals surface area contributed by atoms with Crippen LogP contribution in [0.2, 0.25) is 0 Å². The van der Waals surface area contributed by atoms with E-state index in [9.17, 15) is 44.6 Å². The topological polar surface area (TPSA) is 210 Å². The summed E-state index contributed by atoms with van der Waals surface area (Å²) >= 11 is 0. The fourth-order valence-electron chi connectivity index (χ4n) is 6.37. The lowest BCUT2D eigenvalue weighted by molar-refractivity contribution is -0.220. The Morgan fingerprint density at radius 1 is 0.544 bits per heavy atom. The summed E-state index contributed by atoms with van der Waals surface area (Å²) in [6.45, 7) is 3.22. The van der Waals surface area contributed by atoms with Crippen LogP contribution < -0.4 is 0 Å². The maximum absolute atomic E-state index is 12.8. The van der Waals surface area contributed by atoms with Crippen LogP contribution in [0, 0.1) is 0 Å². The fourth-order valence-corrected chi connectivity index (χ4v) is 7.34. The molecule has 0 aromatic rings. The number of hydrogen-bond donors (Lipinski definition) is 6. The van der Waals surface area contributed by atoms with Gasteiger partial charge in [-0.05, 0) is 70.6 Å². The highest BCUT2D eigenvalue weighted by atomic mass is 31.2. The molecule has 1 saturated carbocycles. The Morgan fingerprint density at radius 3 is 1.47 bits per heavy atom. The molecule has 1 rings (SSSR count). The average molecular weight is 833 g/mol. The molecule has 0 saturated heterocycles. The summed E-state index contributed by atoms with van der Waals surface area (Å²) < 4.78 is 33.4. The molecular formula is C43H77O13P. The van der Waals surface area contributed by atoms with Gasteiger partial charge in [-0.15, -0.1) is 0 Å². The lowest BCUT2D eigenvalue weighted by Crippen LogP contribution is -2.64. The molecule has 13 nitrogen and oxygen atoms in total. The first kappa shape index (κ1) is 53.1. The molecule has 0 heterocycles. The molecule has 1 fully saturated rings. The summed E-state index contributed by atoms with van der Waals surface area (Å²) in [6, 6.07) is 0. The number of phosphoric ester groups is 1. The Labute approximate surface area is 342 Å². The van der Waals surface area contributed by atoms with E-state index in [1.165, 1.54) is 44.9 Å². The van der Waals surface area contributed by atoms with Crippen molar-refractivity contribution in [1.29, 1.82) is 0 Å². The number of esters is 2. The second-order valence-corrected chi connectivity index (χ2v) is 16.6. The third-order valence-electron chi connectivity index (χ3n) is 9.95. The smallest absolute Gasteiger partial charge is 0.462 e. The van der Waals surface area contributed by atoms with Gasteiger partial charge in [0.05, 0.1) is 6.61 Å². The van der Waals surface area contributed by atoms with E-state index in [0.717, 1.165) is 83.5 Å². The minimum atomic E-state index is -5.12. The number of carbonyl (C=O) groups excluding carboxylic acids is 2. The average Bonchev–Trinajstić information content (AvgIpc) is 3.19. The summed E-state index contributed by atoms with van der Waals surface area (Å²) in [7, 11) is -5.12. The number of unbranched alkanes of at least 4 members (excludes halogenated alkanes) is 17. The Morgan fingerprint density at radius 2 is 0.947 bits per heavy atom. The van der Waals surface area contributed by atoms with E-state index in [1.54, 1.807) is 0 Å². The molecule has 0 spiro atoms. The van der Waals surface area contributed by atoms with Crippen LogP contribution >= 0.6 is 7.82 Å². The highest BCUT2D eigenvalue weighted by Gasteiger charge is 2.51. The molecule has 1 aliphatic carbocycles. The first-order valence-electron chi connectivity index (χ1n) is 21.8. The van der Waals surface area contributed by atoms with E-state index >= 15 is 0 Å². The molecule has 6 N–H and O–H groups in total. The van der Waals surface area contributed by atoms with E-state index < -0.39 is 75.7 Å². The van der Waals surface area contributed by atoms with Crippen molar-refractivity contribution in [2.75, 3.05) is 13.2 Å². The number of ether oxygens (including phenoxy) is 2. The number of phosphoric acid groups is 1. The molecule has 332 valence electrons. The van der Waals surface area contributed by atoms with Crippen molar-refractivity contribution in [3.63, 3.8) is 0 Å². The van der Waals surface area contributed by atoms with Crippen LogP contribution in [-0.2, 0) is 32.7 Å². The second kappa shape index (κ2) is 33.9. The van der Waals surface area contributed by atoms with Gasteiger partial charge in [0.1, 0.15) is 43.2 Å². The SMILES string of the molecule is CCCCC/C=C\C/C=C\CCCCCCCC(=O)OC(COC(=O)CCCCCCC/C=C\CCCCCC)COP(=O)(O)OC1C(O)C(O)C(O)C(O)C1O. The first-order valence-corrected chi connectivity index (χ1v) is 23.3. The molecule has 0 aromatic carbocycles. The molecule has 6 unspecified atom stereocenters. The maximum atomic E-state index is 12.8. The maximum Gasteiger partial charge on any atom is 0.472 e. The van der Waals surface area contributed by atoms with Gasteiger partial charge in [0, 0.05) is 12.8 Å². The van der Waals surface area contributed by atoms with Crippen molar-refractivity contribution in [2.45, 2.75) is 211 Å². The molecule has 14 heteroatoms. The van der Waals surface area contributed by atoms with Crippen molar-refractivity contribution in [1.82, 2.24) is 0 Å². The zero-order valence-corrected chi connectivity index (χ0v) is 35.8. The molecule has 0 radical (unpaired) electrons. The third kappa shape index (κ3) is 26.7. The number of allylic oxidation sites excluding steroid dienone is 6. The van der Waals surface area contributed by atoms with E-state index in [-0.39, 0.29) is 12.8 Å². The molecule has 0 bridgehead atoms. The zero-order valence-electron chi connectivity index (χ0n) is 34.9. The Hall–Kier alpha value is -1.93. The van der Waals surface area contributed by atoms with Crippen LogP contribution in [0.3, 0.4) is 0 Å². The van der Waals surface area contributed by atoms with Gasteiger partial charge in [-0.2, -0.15) is 0 Å². The van der Waals surface area contributed by atoms with Crippen LogP contribution in [0.4, 0.5) is 0 Å². The molecule has 6 atom stereocenters. The number of rotatable bonds is 35. The summed E-state index contributed by atoms with van der Waals surface area (Å²) in [5.74, 6) is -1.13. The second-order valence-electron chi connectivity index (χ2n) is 15.2. The van der Waals surface area contributed by atoms with Gasteiger partial charge < -0.3 is 39.9 Å². The molecule has 0 aromatic heterocycles. The highest BCUT2D eigenvalue weighted by Crippen LogP contribution is 2.47. The van der Waals surface area contributed by atoms with Crippen LogP contribution in [-0.4, -0.2) is 98.3 Å². The highest BCUT2D eigenvalue weighted by molar-refractivity contribution is 7.47. The quantitative estimate of drug-likeness (QED) is 0.0156. The normalized spacial score (nSPS) is 23.0. The van der Waals surface area contributed by atoms with Crippen LogP contribution in [0.15, 0.2) is 36.5 Å². The molecule has 0 aliphatic heterocycles. The molecule has 57 heavy (non-hydrogen) atoms. The van der Waals surface area contributed by atoms with Crippen molar-refractivity contribution >= 4 is 19.8 Å². The van der Waals surface area contributed by atoms with Crippen LogP contribution in [0.25, 0.3) is 0 Å². The van der Waals surface area contributed by atoms with E-state index in [2.05, 4.69) is 50.3 Å². The Kier molecular flexibility index (Phi) is 31.5. The minimum Gasteiger partial charge on any atom is -0.462 e. The van der Waals surface area contributed by atoms with Crippen LogP contribution in [0.1, 0.15) is 168 Å². The van der Waals surface area contributed by atoms with Crippen molar-refractivity contribution < 1.29 is 63.1 Å². The number of hydrogen-bond acceptors (Lipinski definition) is 12. The number of aliphatic hydroxyl groups excluding tert-OH is 5. The van der Waals surface area contributed by atoms with Gasteiger partial charge >= 0.3 is 19.8 Å². The molecular weight excluding hydrogens is 755 g/mol. The monoisotopic (exact) mass is 833 g/mol. The minimum absolute atomic E-state index is 0.0789. The predicted octanol–water partition coefficient (Wildman–Crippen LogP) is 7.83. The fraction of sp³-hybridized carbons (Fsp3) is 0.814. The lowest BCUT2D eigenvalue weighted by atomic mass is 9.85. The van der Waals surface area contributed by atoms with Crippen molar-refractivity contribution in [3.8, 4) is 0 Å². The van der Waals surface area contributed by atoms with Gasteiger partial charge in [0.25, 0.3) is 0 Å². The largest absolute Gasteiger partial charge is 0.472 e. The van der Waals surface area contributed by atoms with Crippen molar-refractivity contribution in [2.24, 2.45) is 0 Å². The van der Waals surface area contributed by atoms with Gasteiger partial charge in [-0.1, -0.05) is 121 Å². The molecule has 1 aliphatic rings. The summed E-state index contributed by atoms with van der Waals surface area (Å²) in [5, 5.41) is 50.0. The van der Waals surface area contributed by atoms with Crippen LogP contribution in [0.5, 0.6) is 0 Å². The summed E-state index contributed by atoms with van der Waals surface area (Å²) in [6.07, 6.45) is 23.4. The van der Waals surface area contributed by atoms with E-state index in [1.807, 2.05) is 0 Å². The third-order valence-corrected chi connectivity index (χ3v) is 10.9. The van der Waals surface area contributed by atoms with E-state index in [4.69, 9.17) is 18.5 Å². The zero-order chi connectivity index (χ0) is 42.2. The summed E-state index contributed by atoms with van der Waals surface area (Å²) in [4.78, 5) is 35.6.